The minimum Gasteiger partial charge on any atom is -0.308 e. The van der Waals surface area contributed by atoms with Crippen molar-refractivity contribution in [1.82, 2.24) is 23.8 Å². The third-order valence-electron chi connectivity index (χ3n) is 3.56. The minimum atomic E-state index is -0.293. The zero-order valence-corrected chi connectivity index (χ0v) is 13.2. The molecule has 0 aliphatic carbocycles. The van der Waals surface area contributed by atoms with Gasteiger partial charge in [0.25, 0.3) is 5.56 Å². The van der Waals surface area contributed by atoms with Crippen LogP contribution in [0.1, 0.15) is 19.8 Å². The van der Waals surface area contributed by atoms with Crippen LogP contribution in [-0.2, 0) is 20.1 Å². The third kappa shape index (κ3) is 3.07. The van der Waals surface area contributed by atoms with Gasteiger partial charge in [-0.05, 0) is 20.5 Å². The van der Waals surface area contributed by atoms with Crippen LogP contribution in [0.2, 0.25) is 0 Å². The van der Waals surface area contributed by atoms with Crippen LogP contribution in [0.25, 0.3) is 11.0 Å². The molecule has 116 valence electrons. The van der Waals surface area contributed by atoms with Gasteiger partial charge in [-0.3, -0.25) is 18.6 Å². The van der Waals surface area contributed by atoms with E-state index in [9.17, 15) is 9.59 Å². The SMILES string of the molecule is CCCCn1c(=O)n(C)c(=O)c2cn(CCN(C)C)nc21. The Balaban J connectivity index is 2.54. The zero-order valence-electron chi connectivity index (χ0n) is 13.2. The minimum absolute atomic E-state index is 0.279. The molecule has 0 aliphatic heterocycles. The lowest BCUT2D eigenvalue weighted by Gasteiger charge is -2.08. The molecule has 0 aliphatic rings. The summed E-state index contributed by atoms with van der Waals surface area (Å²) in [6, 6.07) is 0. The van der Waals surface area contributed by atoms with Crippen molar-refractivity contribution in [3.05, 3.63) is 27.0 Å². The second kappa shape index (κ2) is 6.26. The van der Waals surface area contributed by atoms with E-state index in [4.69, 9.17) is 0 Å². The Labute approximate surface area is 123 Å². The van der Waals surface area contributed by atoms with Crippen LogP contribution in [0.5, 0.6) is 0 Å². The third-order valence-corrected chi connectivity index (χ3v) is 3.56. The molecular weight excluding hydrogens is 270 g/mol. The van der Waals surface area contributed by atoms with Crippen LogP contribution >= 0.6 is 0 Å². The van der Waals surface area contributed by atoms with Gasteiger partial charge in [0.15, 0.2) is 5.65 Å². The summed E-state index contributed by atoms with van der Waals surface area (Å²) in [6.45, 7) is 4.17. The smallest absolute Gasteiger partial charge is 0.308 e. The van der Waals surface area contributed by atoms with Crippen LogP contribution in [0.15, 0.2) is 15.8 Å². The van der Waals surface area contributed by atoms with E-state index in [0.717, 1.165) is 24.0 Å². The van der Waals surface area contributed by atoms with Crippen molar-refractivity contribution >= 4 is 11.0 Å². The molecule has 7 heteroatoms. The Morgan fingerprint density at radius 3 is 2.57 bits per heavy atom. The number of fused-ring (bicyclic) bond motifs is 1. The Morgan fingerprint density at radius 2 is 1.95 bits per heavy atom. The summed E-state index contributed by atoms with van der Waals surface area (Å²) in [5, 5.41) is 4.95. The van der Waals surface area contributed by atoms with Crippen molar-refractivity contribution in [2.45, 2.75) is 32.9 Å². The second-order valence-electron chi connectivity index (χ2n) is 5.58. The lowest BCUT2D eigenvalue weighted by Crippen LogP contribution is -2.38. The maximum absolute atomic E-state index is 12.3. The van der Waals surface area contributed by atoms with E-state index in [1.807, 2.05) is 14.1 Å². The lowest BCUT2D eigenvalue weighted by molar-refractivity contribution is 0.373. The Hall–Kier alpha value is -1.89. The average Bonchev–Trinajstić information content (AvgIpc) is 2.87. The first kappa shape index (κ1) is 15.5. The number of rotatable bonds is 6. The zero-order chi connectivity index (χ0) is 15.6. The first-order valence-corrected chi connectivity index (χ1v) is 7.27. The van der Waals surface area contributed by atoms with E-state index < -0.39 is 0 Å². The number of aryl methyl sites for hydroxylation is 1. The molecule has 0 amide bonds. The summed E-state index contributed by atoms with van der Waals surface area (Å²) >= 11 is 0. The van der Waals surface area contributed by atoms with Crippen molar-refractivity contribution < 1.29 is 0 Å². The van der Waals surface area contributed by atoms with Crippen molar-refractivity contribution in [2.75, 3.05) is 20.6 Å². The predicted molar refractivity (Wildman–Crippen MR) is 82.7 cm³/mol. The molecule has 0 N–H and O–H groups in total. The highest BCUT2D eigenvalue weighted by Gasteiger charge is 2.14. The highest BCUT2D eigenvalue weighted by atomic mass is 16.2. The van der Waals surface area contributed by atoms with E-state index in [1.165, 1.54) is 7.05 Å². The van der Waals surface area contributed by atoms with E-state index >= 15 is 0 Å². The number of nitrogens with zero attached hydrogens (tertiary/aromatic N) is 5. The molecule has 0 radical (unpaired) electrons. The van der Waals surface area contributed by atoms with Gasteiger partial charge in [0, 0.05) is 26.3 Å². The van der Waals surface area contributed by atoms with Gasteiger partial charge in [-0.15, -0.1) is 0 Å². The fourth-order valence-corrected chi connectivity index (χ4v) is 2.24. The van der Waals surface area contributed by atoms with Crippen molar-refractivity contribution in [3.8, 4) is 0 Å². The normalized spacial score (nSPS) is 11.7. The van der Waals surface area contributed by atoms with Crippen LogP contribution in [-0.4, -0.2) is 44.5 Å². The highest BCUT2D eigenvalue weighted by Crippen LogP contribution is 2.07. The topological polar surface area (TPSA) is 65.1 Å². The maximum Gasteiger partial charge on any atom is 0.332 e. The van der Waals surface area contributed by atoms with E-state index in [2.05, 4.69) is 16.9 Å². The molecule has 0 unspecified atom stereocenters. The molecule has 0 aromatic carbocycles. The molecule has 21 heavy (non-hydrogen) atoms. The molecule has 2 aromatic heterocycles. The van der Waals surface area contributed by atoms with E-state index in [1.54, 1.807) is 15.4 Å². The summed E-state index contributed by atoms with van der Waals surface area (Å²) in [5.74, 6) is 0. The summed E-state index contributed by atoms with van der Waals surface area (Å²) in [7, 11) is 5.49. The fraction of sp³-hybridized carbons (Fsp3) is 0.643. The largest absolute Gasteiger partial charge is 0.332 e. The van der Waals surface area contributed by atoms with Crippen molar-refractivity contribution in [2.24, 2.45) is 7.05 Å². The Morgan fingerprint density at radius 1 is 1.24 bits per heavy atom. The summed E-state index contributed by atoms with van der Waals surface area (Å²) in [5.41, 5.74) is -0.0760. The Kier molecular flexibility index (Phi) is 4.62. The summed E-state index contributed by atoms with van der Waals surface area (Å²) < 4.78 is 4.51. The summed E-state index contributed by atoms with van der Waals surface area (Å²) in [6.07, 6.45) is 3.61. The van der Waals surface area contributed by atoms with Crippen molar-refractivity contribution in [1.29, 1.82) is 0 Å². The van der Waals surface area contributed by atoms with Gasteiger partial charge >= 0.3 is 5.69 Å². The predicted octanol–water partition coefficient (Wildman–Crippen LogP) is 0.258. The van der Waals surface area contributed by atoms with Crippen molar-refractivity contribution in [3.63, 3.8) is 0 Å². The van der Waals surface area contributed by atoms with Gasteiger partial charge in [-0.1, -0.05) is 13.3 Å². The number of hydrogen-bond acceptors (Lipinski definition) is 4. The van der Waals surface area contributed by atoms with E-state index in [0.29, 0.717) is 24.1 Å². The average molecular weight is 293 g/mol. The van der Waals surface area contributed by atoms with Gasteiger partial charge in [-0.25, -0.2) is 4.79 Å². The molecule has 7 nitrogen and oxygen atoms in total. The van der Waals surface area contributed by atoms with Crippen LogP contribution in [0, 0.1) is 0 Å². The van der Waals surface area contributed by atoms with Crippen LogP contribution in [0.3, 0.4) is 0 Å². The molecule has 0 fully saturated rings. The quantitative estimate of drug-likeness (QED) is 0.766. The van der Waals surface area contributed by atoms with Gasteiger partial charge in [0.05, 0.1) is 6.54 Å². The standard InChI is InChI=1S/C14H23N5O2/c1-5-6-7-19-12-11(13(20)17(4)14(19)21)10-18(15-12)9-8-16(2)3/h10H,5-9H2,1-4H3. The lowest BCUT2D eigenvalue weighted by atomic mass is 10.3. The summed E-state index contributed by atoms with van der Waals surface area (Å²) in [4.78, 5) is 26.5. The van der Waals surface area contributed by atoms with Crippen LogP contribution < -0.4 is 11.2 Å². The molecule has 0 atom stereocenters. The van der Waals surface area contributed by atoms with Crippen LogP contribution in [0.4, 0.5) is 0 Å². The molecule has 0 spiro atoms. The van der Waals surface area contributed by atoms with E-state index in [-0.39, 0.29) is 11.2 Å². The fourth-order valence-electron chi connectivity index (χ4n) is 2.24. The Bertz CT molecular complexity index is 738. The molecule has 0 bridgehead atoms. The molecule has 2 heterocycles. The number of unbranched alkanes of at least 4 members (excludes halogenated alkanes) is 1. The molecule has 0 saturated heterocycles. The second-order valence-corrected chi connectivity index (χ2v) is 5.58. The number of aromatic nitrogens is 4. The monoisotopic (exact) mass is 293 g/mol. The van der Waals surface area contributed by atoms with Gasteiger partial charge in [0.2, 0.25) is 0 Å². The highest BCUT2D eigenvalue weighted by molar-refractivity contribution is 5.73. The molecular formula is C14H23N5O2. The number of hydrogen-bond donors (Lipinski definition) is 0. The first-order valence-electron chi connectivity index (χ1n) is 7.27. The van der Waals surface area contributed by atoms with Gasteiger partial charge in [-0.2, -0.15) is 5.10 Å². The first-order chi connectivity index (χ1) is 9.95. The van der Waals surface area contributed by atoms with Gasteiger partial charge in [0.1, 0.15) is 5.39 Å². The molecule has 0 saturated carbocycles. The van der Waals surface area contributed by atoms with Gasteiger partial charge < -0.3 is 4.90 Å². The number of likely N-dealkylation sites (N-methyl/N-ethyl adjacent to an activating group) is 1. The molecule has 2 rings (SSSR count). The molecule has 2 aromatic rings. The maximum atomic E-state index is 12.3.